The number of likely N-dealkylation sites (tertiary alicyclic amines) is 1. The molecule has 1 unspecified atom stereocenters. The molecule has 1 rings (SSSR count). The number of amides is 1. The zero-order valence-corrected chi connectivity index (χ0v) is 8.05. The molecule has 1 atom stereocenters. The van der Waals surface area contributed by atoms with E-state index in [1.54, 1.807) is 11.0 Å². The van der Waals surface area contributed by atoms with E-state index in [0.717, 1.165) is 5.57 Å². The normalized spacial score (nSPS) is 22.2. The highest BCUT2D eigenvalue weighted by Crippen LogP contribution is 2.27. The van der Waals surface area contributed by atoms with Crippen molar-refractivity contribution in [2.75, 3.05) is 13.1 Å². The van der Waals surface area contributed by atoms with E-state index >= 15 is 0 Å². The van der Waals surface area contributed by atoms with Crippen molar-refractivity contribution < 1.29 is 4.79 Å². The van der Waals surface area contributed by atoms with Crippen LogP contribution in [0.5, 0.6) is 0 Å². The third kappa shape index (κ3) is 1.72. The second-order valence-electron chi connectivity index (χ2n) is 3.42. The van der Waals surface area contributed by atoms with Crippen LogP contribution in [0.3, 0.4) is 0 Å². The molecule has 1 aliphatic heterocycles. The maximum atomic E-state index is 11.5. The van der Waals surface area contributed by atoms with Gasteiger partial charge in [0.05, 0.1) is 0 Å². The fourth-order valence-electron chi connectivity index (χ4n) is 1.53. The van der Waals surface area contributed by atoms with E-state index < -0.39 is 0 Å². The summed E-state index contributed by atoms with van der Waals surface area (Å²) in [4.78, 5) is 13.3. The van der Waals surface area contributed by atoms with Crippen molar-refractivity contribution >= 4 is 5.91 Å². The first-order valence-electron chi connectivity index (χ1n) is 4.32. The molecule has 13 heavy (non-hydrogen) atoms. The van der Waals surface area contributed by atoms with Crippen molar-refractivity contribution in [2.45, 2.75) is 6.92 Å². The van der Waals surface area contributed by atoms with Gasteiger partial charge in [0, 0.05) is 24.6 Å². The van der Waals surface area contributed by atoms with Crippen LogP contribution in [0.25, 0.3) is 0 Å². The molecule has 0 radical (unpaired) electrons. The summed E-state index contributed by atoms with van der Waals surface area (Å²) in [7, 11) is 0. The Kier molecular flexibility index (Phi) is 2.71. The summed E-state index contributed by atoms with van der Waals surface area (Å²) in [5, 5.41) is 0. The van der Waals surface area contributed by atoms with Crippen LogP contribution in [0.15, 0.2) is 37.0 Å². The molecular weight excluding hydrogens is 162 g/mol. The van der Waals surface area contributed by atoms with Gasteiger partial charge in [-0.05, 0) is 6.92 Å². The Morgan fingerprint density at radius 3 is 2.77 bits per heavy atom. The van der Waals surface area contributed by atoms with Gasteiger partial charge in [0.25, 0.3) is 0 Å². The molecule has 1 heterocycles. The van der Waals surface area contributed by atoms with E-state index in [0.29, 0.717) is 18.7 Å². The second kappa shape index (κ2) is 3.60. The first-order chi connectivity index (χ1) is 6.07. The first-order valence-corrected chi connectivity index (χ1v) is 4.32. The summed E-state index contributed by atoms with van der Waals surface area (Å²) in [6.07, 6.45) is 1.73. The topological polar surface area (TPSA) is 20.3 Å². The van der Waals surface area contributed by atoms with Crippen molar-refractivity contribution in [3.05, 3.63) is 37.0 Å². The summed E-state index contributed by atoms with van der Waals surface area (Å²) in [5.41, 5.74) is 1.67. The molecule has 70 valence electrons. The monoisotopic (exact) mass is 177 g/mol. The summed E-state index contributed by atoms with van der Waals surface area (Å²) in [5.74, 6) is 0.167. The summed E-state index contributed by atoms with van der Waals surface area (Å²) in [6, 6.07) is 0. The lowest BCUT2D eigenvalue weighted by molar-refractivity contribution is -0.124. The maximum absolute atomic E-state index is 11.5. The van der Waals surface area contributed by atoms with Crippen LogP contribution in [-0.2, 0) is 4.79 Å². The van der Waals surface area contributed by atoms with Crippen LogP contribution < -0.4 is 0 Å². The zero-order valence-electron chi connectivity index (χ0n) is 8.05. The van der Waals surface area contributed by atoms with Crippen LogP contribution in [0.4, 0.5) is 0 Å². The number of carbonyl (C=O) groups is 1. The number of hydrogen-bond donors (Lipinski definition) is 0. The van der Waals surface area contributed by atoms with Crippen molar-refractivity contribution in [1.82, 2.24) is 4.90 Å². The van der Waals surface area contributed by atoms with Crippen molar-refractivity contribution in [2.24, 2.45) is 5.92 Å². The fraction of sp³-hybridized carbons (Fsp3) is 0.364. The standard InChI is InChI=1S/C11H15NO/c1-5-6-12-7-10(8(2)3)9(4)11(12)13/h5,10H,1-2,4,6-7H2,3H3. The van der Waals surface area contributed by atoms with Gasteiger partial charge in [0.1, 0.15) is 0 Å². The predicted octanol–water partition coefficient (Wildman–Crippen LogP) is 1.76. The van der Waals surface area contributed by atoms with Crippen molar-refractivity contribution in [3.8, 4) is 0 Å². The lowest BCUT2D eigenvalue weighted by atomic mass is 9.97. The molecule has 2 heteroatoms. The average Bonchev–Trinajstić information content (AvgIpc) is 2.33. The highest BCUT2D eigenvalue weighted by molar-refractivity contribution is 5.96. The molecule has 0 bridgehead atoms. The molecule has 0 spiro atoms. The number of rotatable bonds is 3. The largest absolute Gasteiger partial charge is 0.334 e. The number of nitrogens with zero attached hydrogens (tertiary/aromatic N) is 1. The van der Waals surface area contributed by atoms with Crippen molar-refractivity contribution in [1.29, 1.82) is 0 Å². The van der Waals surface area contributed by atoms with E-state index in [1.165, 1.54) is 0 Å². The maximum Gasteiger partial charge on any atom is 0.250 e. The van der Waals surface area contributed by atoms with Gasteiger partial charge in [-0.2, -0.15) is 0 Å². The van der Waals surface area contributed by atoms with E-state index in [9.17, 15) is 4.79 Å². The molecule has 1 aliphatic rings. The molecule has 1 saturated heterocycles. The van der Waals surface area contributed by atoms with E-state index in [4.69, 9.17) is 0 Å². The molecule has 1 amide bonds. The first kappa shape index (κ1) is 9.78. The molecule has 0 N–H and O–H groups in total. The fourth-order valence-corrected chi connectivity index (χ4v) is 1.53. The Labute approximate surface area is 79.2 Å². The lowest BCUT2D eigenvalue weighted by Gasteiger charge is -2.12. The second-order valence-corrected chi connectivity index (χ2v) is 3.42. The minimum atomic E-state index is 0.0351. The van der Waals surface area contributed by atoms with Crippen molar-refractivity contribution in [3.63, 3.8) is 0 Å². The third-order valence-corrected chi connectivity index (χ3v) is 2.33. The van der Waals surface area contributed by atoms with E-state index in [-0.39, 0.29) is 11.8 Å². The van der Waals surface area contributed by atoms with Gasteiger partial charge in [0.2, 0.25) is 5.91 Å². The number of hydrogen-bond acceptors (Lipinski definition) is 1. The van der Waals surface area contributed by atoms with E-state index in [2.05, 4.69) is 19.7 Å². The minimum absolute atomic E-state index is 0.0351. The number of carbonyl (C=O) groups excluding carboxylic acids is 1. The Hall–Kier alpha value is -1.31. The van der Waals surface area contributed by atoms with Gasteiger partial charge >= 0.3 is 0 Å². The Bertz CT molecular complexity index is 278. The SMILES string of the molecule is C=CCN1CC(C(=C)C)C(=C)C1=O. The Balaban J connectivity index is 2.78. The zero-order chi connectivity index (χ0) is 10.0. The summed E-state index contributed by atoms with van der Waals surface area (Å²) in [6.45, 7) is 14.5. The molecule has 0 saturated carbocycles. The average molecular weight is 177 g/mol. The molecular formula is C11H15NO. The molecule has 2 nitrogen and oxygen atoms in total. The molecule has 0 aromatic heterocycles. The van der Waals surface area contributed by atoms with Gasteiger partial charge in [-0.1, -0.05) is 24.8 Å². The summed E-state index contributed by atoms with van der Waals surface area (Å²) < 4.78 is 0. The van der Waals surface area contributed by atoms with Gasteiger partial charge < -0.3 is 4.90 Å². The summed E-state index contributed by atoms with van der Waals surface area (Å²) >= 11 is 0. The molecule has 0 aromatic carbocycles. The van der Waals surface area contributed by atoms with Gasteiger partial charge in [-0.3, -0.25) is 4.79 Å². The smallest absolute Gasteiger partial charge is 0.250 e. The molecule has 0 aliphatic carbocycles. The third-order valence-electron chi connectivity index (χ3n) is 2.33. The lowest BCUT2D eigenvalue weighted by Crippen LogP contribution is -2.25. The van der Waals surface area contributed by atoms with E-state index in [1.807, 2.05) is 6.92 Å². The highest BCUT2D eigenvalue weighted by Gasteiger charge is 2.32. The van der Waals surface area contributed by atoms with Gasteiger partial charge in [-0.15, -0.1) is 6.58 Å². The van der Waals surface area contributed by atoms with Gasteiger partial charge in [-0.25, -0.2) is 0 Å². The molecule has 1 fully saturated rings. The Morgan fingerprint density at radius 1 is 1.77 bits per heavy atom. The van der Waals surface area contributed by atoms with Crippen LogP contribution in [0, 0.1) is 5.92 Å². The molecule has 0 aromatic rings. The highest BCUT2D eigenvalue weighted by atomic mass is 16.2. The quantitative estimate of drug-likeness (QED) is 0.475. The van der Waals surface area contributed by atoms with Gasteiger partial charge in [0.15, 0.2) is 0 Å². The van der Waals surface area contributed by atoms with Crippen LogP contribution in [0.2, 0.25) is 0 Å². The minimum Gasteiger partial charge on any atom is -0.334 e. The van der Waals surface area contributed by atoms with Crippen LogP contribution >= 0.6 is 0 Å². The van der Waals surface area contributed by atoms with Crippen LogP contribution in [-0.4, -0.2) is 23.9 Å². The van der Waals surface area contributed by atoms with Crippen LogP contribution in [0.1, 0.15) is 6.92 Å². The Morgan fingerprint density at radius 2 is 2.38 bits per heavy atom. The predicted molar refractivity (Wildman–Crippen MR) is 54.2 cm³/mol.